The van der Waals surface area contributed by atoms with Gasteiger partial charge in [0.25, 0.3) is 5.91 Å². The SMILES string of the molecule is CNS(=O)(=O)c1ccc(Cl)c(C(=O)NCc2ccnc(N(C)C)c2)c1. The van der Waals surface area contributed by atoms with E-state index < -0.39 is 15.9 Å². The fourth-order valence-electron chi connectivity index (χ4n) is 2.06. The van der Waals surface area contributed by atoms with E-state index in [2.05, 4.69) is 15.0 Å². The van der Waals surface area contributed by atoms with Crippen LogP contribution in [0.25, 0.3) is 0 Å². The second-order valence-corrected chi connectivity index (χ2v) is 7.74. The molecule has 0 radical (unpaired) electrons. The molecule has 0 saturated heterocycles. The number of hydrogen-bond donors (Lipinski definition) is 2. The van der Waals surface area contributed by atoms with Crippen LogP contribution in [0.4, 0.5) is 5.82 Å². The largest absolute Gasteiger partial charge is 0.363 e. The summed E-state index contributed by atoms with van der Waals surface area (Å²) in [6, 6.07) is 7.62. The third kappa shape index (κ3) is 4.68. The highest BCUT2D eigenvalue weighted by Crippen LogP contribution is 2.20. The summed E-state index contributed by atoms with van der Waals surface area (Å²) in [5.41, 5.74) is 0.960. The lowest BCUT2D eigenvalue weighted by Gasteiger charge is -2.13. The summed E-state index contributed by atoms with van der Waals surface area (Å²) < 4.78 is 25.9. The number of carbonyl (C=O) groups is 1. The molecule has 25 heavy (non-hydrogen) atoms. The molecule has 0 unspecified atom stereocenters. The van der Waals surface area contributed by atoms with Crippen molar-refractivity contribution in [1.82, 2.24) is 15.0 Å². The van der Waals surface area contributed by atoms with Crippen molar-refractivity contribution in [3.05, 3.63) is 52.7 Å². The molecule has 0 aliphatic rings. The zero-order valence-electron chi connectivity index (χ0n) is 14.1. The zero-order chi connectivity index (χ0) is 18.6. The molecule has 1 amide bonds. The van der Waals surface area contributed by atoms with Gasteiger partial charge in [0.1, 0.15) is 5.82 Å². The predicted octanol–water partition coefficient (Wildman–Crippen LogP) is 1.64. The lowest BCUT2D eigenvalue weighted by atomic mass is 10.2. The third-order valence-electron chi connectivity index (χ3n) is 3.48. The van der Waals surface area contributed by atoms with Gasteiger partial charge in [0, 0.05) is 26.8 Å². The van der Waals surface area contributed by atoms with E-state index in [0.717, 1.165) is 11.4 Å². The molecule has 7 nitrogen and oxygen atoms in total. The molecular formula is C16H19ClN4O3S. The summed E-state index contributed by atoms with van der Waals surface area (Å²) in [4.78, 5) is 18.4. The molecule has 134 valence electrons. The average molecular weight is 383 g/mol. The van der Waals surface area contributed by atoms with Crippen LogP contribution in [0, 0.1) is 0 Å². The van der Waals surface area contributed by atoms with E-state index in [1.807, 2.05) is 25.1 Å². The maximum absolute atomic E-state index is 12.4. The highest BCUT2D eigenvalue weighted by Gasteiger charge is 2.17. The van der Waals surface area contributed by atoms with Crippen molar-refractivity contribution in [2.24, 2.45) is 0 Å². The van der Waals surface area contributed by atoms with Crippen molar-refractivity contribution < 1.29 is 13.2 Å². The number of hydrogen-bond acceptors (Lipinski definition) is 5. The van der Waals surface area contributed by atoms with Gasteiger partial charge in [-0.2, -0.15) is 0 Å². The third-order valence-corrected chi connectivity index (χ3v) is 5.22. The molecule has 1 aromatic heterocycles. The van der Waals surface area contributed by atoms with Gasteiger partial charge in [0.2, 0.25) is 10.0 Å². The van der Waals surface area contributed by atoms with Crippen molar-refractivity contribution in [3.8, 4) is 0 Å². The summed E-state index contributed by atoms with van der Waals surface area (Å²) in [7, 11) is 1.39. The van der Waals surface area contributed by atoms with Gasteiger partial charge < -0.3 is 10.2 Å². The molecule has 0 bridgehead atoms. The lowest BCUT2D eigenvalue weighted by molar-refractivity contribution is 0.0951. The Labute approximate surface area is 152 Å². The van der Waals surface area contributed by atoms with E-state index in [1.165, 1.54) is 25.2 Å². The van der Waals surface area contributed by atoms with E-state index in [1.54, 1.807) is 12.3 Å². The molecule has 2 aromatic rings. The summed E-state index contributed by atoms with van der Waals surface area (Å²) in [5, 5.41) is 2.91. The van der Waals surface area contributed by atoms with Gasteiger partial charge in [-0.3, -0.25) is 4.79 Å². The van der Waals surface area contributed by atoms with E-state index in [-0.39, 0.29) is 22.0 Å². The molecule has 0 aliphatic heterocycles. The first-order chi connectivity index (χ1) is 11.7. The van der Waals surface area contributed by atoms with Crippen molar-refractivity contribution in [2.45, 2.75) is 11.4 Å². The molecule has 0 spiro atoms. The first-order valence-electron chi connectivity index (χ1n) is 7.38. The van der Waals surface area contributed by atoms with Crippen molar-refractivity contribution >= 4 is 33.3 Å². The fraction of sp³-hybridized carbons (Fsp3) is 0.250. The molecule has 2 N–H and O–H groups in total. The van der Waals surface area contributed by atoms with Crippen LogP contribution >= 0.6 is 11.6 Å². The number of anilines is 1. The number of benzene rings is 1. The van der Waals surface area contributed by atoms with E-state index in [0.29, 0.717) is 0 Å². The summed E-state index contributed by atoms with van der Waals surface area (Å²) in [6.45, 7) is 0.265. The van der Waals surface area contributed by atoms with Crippen LogP contribution in [0.5, 0.6) is 0 Å². The van der Waals surface area contributed by atoms with Gasteiger partial charge in [-0.25, -0.2) is 18.1 Å². The number of carbonyl (C=O) groups excluding carboxylic acids is 1. The topological polar surface area (TPSA) is 91.4 Å². The summed E-state index contributed by atoms with van der Waals surface area (Å²) in [5.74, 6) is 0.313. The van der Waals surface area contributed by atoms with Crippen LogP contribution < -0.4 is 14.9 Å². The first kappa shape index (κ1) is 19.2. The molecule has 0 atom stereocenters. The standard InChI is InChI=1S/C16H19ClN4O3S/c1-18-25(23,24)12-4-5-14(17)13(9-12)16(22)20-10-11-6-7-19-15(8-11)21(2)3/h4-9,18H,10H2,1-3H3,(H,20,22). The highest BCUT2D eigenvalue weighted by atomic mass is 35.5. The van der Waals surface area contributed by atoms with Gasteiger partial charge in [-0.15, -0.1) is 0 Å². The van der Waals surface area contributed by atoms with Crippen molar-refractivity contribution in [3.63, 3.8) is 0 Å². The van der Waals surface area contributed by atoms with Gasteiger partial charge >= 0.3 is 0 Å². The smallest absolute Gasteiger partial charge is 0.253 e. The second-order valence-electron chi connectivity index (χ2n) is 5.45. The van der Waals surface area contributed by atoms with Crippen molar-refractivity contribution in [2.75, 3.05) is 26.0 Å². The minimum absolute atomic E-state index is 0.0247. The van der Waals surface area contributed by atoms with E-state index in [9.17, 15) is 13.2 Å². The molecular weight excluding hydrogens is 364 g/mol. The van der Waals surface area contributed by atoms with Gasteiger partial charge in [0.05, 0.1) is 15.5 Å². The summed E-state index contributed by atoms with van der Waals surface area (Å²) in [6.07, 6.45) is 1.66. The van der Waals surface area contributed by atoms with Gasteiger partial charge in [-0.1, -0.05) is 11.6 Å². The van der Waals surface area contributed by atoms with Crippen molar-refractivity contribution in [1.29, 1.82) is 0 Å². The Hall–Kier alpha value is -2.16. The Morgan fingerprint density at radius 1 is 1.24 bits per heavy atom. The molecule has 9 heteroatoms. The Balaban J connectivity index is 2.18. The van der Waals surface area contributed by atoms with Crippen LogP contribution in [-0.2, 0) is 16.6 Å². The van der Waals surface area contributed by atoms with Crippen LogP contribution in [0.3, 0.4) is 0 Å². The number of aromatic nitrogens is 1. The average Bonchev–Trinajstić information content (AvgIpc) is 2.60. The number of amides is 1. The Morgan fingerprint density at radius 2 is 1.96 bits per heavy atom. The molecule has 2 rings (SSSR count). The minimum atomic E-state index is -3.66. The van der Waals surface area contributed by atoms with E-state index in [4.69, 9.17) is 11.6 Å². The number of nitrogens with zero attached hydrogens (tertiary/aromatic N) is 2. The molecule has 0 saturated carbocycles. The van der Waals surface area contributed by atoms with E-state index >= 15 is 0 Å². The Morgan fingerprint density at radius 3 is 2.60 bits per heavy atom. The van der Waals surface area contributed by atoms with Crippen LogP contribution in [0.1, 0.15) is 15.9 Å². The molecule has 0 aliphatic carbocycles. The quantitative estimate of drug-likeness (QED) is 0.792. The Kier molecular flexibility index (Phi) is 5.99. The number of sulfonamides is 1. The van der Waals surface area contributed by atoms with Gasteiger partial charge in [-0.05, 0) is 42.9 Å². The van der Waals surface area contributed by atoms with Crippen LogP contribution in [-0.4, -0.2) is 40.5 Å². The lowest BCUT2D eigenvalue weighted by Crippen LogP contribution is -2.24. The number of nitrogens with one attached hydrogen (secondary N) is 2. The second kappa shape index (κ2) is 7.81. The summed E-state index contributed by atoms with van der Waals surface area (Å²) >= 11 is 6.04. The number of pyridine rings is 1. The maximum Gasteiger partial charge on any atom is 0.253 e. The number of rotatable bonds is 6. The molecule has 0 fully saturated rings. The van der Waals surface area contributed by atoms with Crippen LogP contribution in [0.15, 0.2) is 41.4 Å². The Bertz CT molecular complexity index is 885. The normalized spacial score (nSPS) is 11.2. The first-order valence-corrected chi connectivity index (χ1v) is 9.24. The van der Waals surface area contributed by atoms with Gasteiger partial charge in [0.15, 0.2) is 0 Å². The minimum Gasteiger partial charge on any atom is -0.363 e. The van der Waals surface area contributed by atoms with Crippen LogP contribution in [0.2, 0.25) is 5.02 Å². The predicted molar refractivity (Wildman–Crippen MR) is 97.4 cm³/mol. The molecule has 1 heterocycles. The monoisotopic (exact) mass is 382 g/mol. The zero-order valence-corrected chi connectivity index (χ0v) is 15.6. The maximum atomic E-state index is 12.4. The fourth-order valence-corrected chi connectivity index (χ4v) is 3.02. The highest BCUT2D eigenvalue weighted by molar-refractivity contribution is 7.89. The molecule has 1 aromatic carbocycles. The number of halogens is 1.